The molecule has 0 saturated heterocycles. The first-order chi connectivity index (χ1) is 13.7. The molecule has 0 aromatic heterocycles. The summed E-state index contributed by atoms with van der Waals surface area (Å²) in [5.41, 5.74) is 2.36. The number of benzene rings is 1. The monoisotopic (exact) mass is 445 g/mol. The number of aliphatic hydroxyl groups excluding tert-OH is 1. The van der Waals surface area contributed by atoms with Crippen molar-refractivity contribution >= 4 is 8.32 Å². The van der Waals surface area contributed by atoms with Gasteiger partial charge in [0.25, 0.3) is 8.32 Å². The normalized spacial score (nSPS) is 13.9. The van der Waals surface area contributed by atoms with Gasteiger partial charge in [-0.2, -0.15) is 0 Å². The van der Waals surface area contributed by atoms with Crippen LogP contribution in [0.3, 0.4) is 0 Å². The van der Waals surface area contributed by atoms with E-state index in [1.165, 1.54) is 0 Å². The lowest BCUT2D eigenvalue weighted by Crippen LogP contribution is -2.40. The average Bonchev–Trinajstić information content (AvgIpc) is 2.53. The van der Waals surface area contributed by atoms with Crippen LogP contribution in [0.25, 0.3) is 4.98 Å². The summed E-state index contributed by atoms with van der Waals surface area (Å²) in [7, 11) is -2.25. The van der Waals surface area contributed by atoms with Gasteiger partial charge >= 0.3 is 11.6 Å². The lowest BCUT2D eigenvalue weighted by Gasteiger charge is -2.35. The molecule has 1 aromatic rings. The van der Waals surface area contributed by atoms with Crippen LogP contribution in [0.4, 0.5) is 0 Å². The number of aryl methyl sites for hydroxylation is 1. The summed E-state index contributed by atoms with van der Waals surface area (Å²) in [6.07, 6.45) is 0. The minimum atomic E-state index is -2.25. The van der Waals surface area contributed by atoms with Crippen molar-refractivity contribution in [3.63, 3.8) is 0 Å². The van der Waals surface area contributed by atoms with Gasteiger partial charge in [-0.25, -0.2) is 0 Å². The van der Waals surface area contributed by atoms with Crippen LogP contribution in [0.5, 0.6) is 5.75 Å². The second-order valence-corrected chi connectivity index (χ2v) is 16.6. The summed E-state index contributed by atoms with van der Waals surface area (Å²) in [6, 6.07) is 4.13. The third kappa shape index (κ3) is 6.36. The van der Waals surface area contributed by atoms with Crippen molar-refractivity contribution in [3.05, 3.63) is 57.8 Å². The van der Waals surface area contributed by atoms with E-state index in [0.717, 1.165) is 16.7 Å². The minimum absolute atomic E-state index is 0.0806. The minimum Gasteiger partial charge on any atom is -0.538 e. The summed E-state index contributed by atoms with van der Waals surface area (Å²) in [6.45, 7) is 28.9. The van der Waals surface area contributed by atoms with E-state index >= 15 is 0 Å². The van der Waals surface area contributed by atoms with Crippen LogP contribution in [0.1, 0.15) is 79.0 Å². The van der Waals surface area contributed by atoms with Crippen LogP contribution in [0, 0.1) is 12.3 Å². The molecule has 0 atom stereocenters. The fourth-order valence-electron chi connectivity index (χ4n) is 2.87. The highest BCUT2D eigenvalue weighted by Crippen LogP contribution is 2.42. The predicted molar refractivity (Wildman–Crippen MR) is 131 cm³/mol. The number of nitrogens with zero attached hydrogens (tertiary/aromatic N) is 2. The highest BCUT2D eigenvalue weighted by Gasteiger charge is 2.42. The molecule has 0 heterocycles. The van der Waals surface area contributed by atoms with Crippen molar-refractivity contribution in [2.45, 2.75) is 98.2 Å². The quantitative estimate of drug-likeness (QED) is 0.215. The smallest absolute Gasteiger partial charge is 0.503 e. The van der Waals surface area contributed by atoms with E-state index in [1.54, 1.807) is 0 Å². The third-order valence-corrected chi connectivity index (χ3v) is 10.2. The fourth-order valence-corrected chi connectivity index (χ4v) is 3.89. The average molecular weight is 446 g/mol. The number of hydrogen-bond donors (Lipinski definition) is 1. The topological polar surface area (TPSA) is 66.8 Å². The van der Waals surface area contributed by atoms with E-state index < -0.39 is 14.3 Å². The molecular weight excluding hydrogens is 404 g/mol. The van der Waals surface area contributed by atoms with E-state index in [2.05, 4.69) is 99.1 Å². The zero-order valence-electron chi connectivity index (χ0n) is 21.5. The summed E-state index contributed by atoms with van der Waals surface area (Å²) in [5.74, 6) is 0.115. The van der Waals surface area contributed by atoms with Crippen molar-refractivity contribution in [2.75, 3.05) is 0 Å². The van der Waals surface area contributed by atoms with Gasteiger partial charge in [-0.15, -0.1) is 0 Å². The Morgan fingerprint density at radius 1 is 0.968 bits per heavy atom. The Bertz CT molecular complexity index is 883. The van der Waals surface area contributed by atoms with Gasteiger partial charge < -0.3 is 14.3 Å². The van der Waals surface area contributed by atoms with Crippen LogP contribution >= 0.6 is 0 Å². The van der Waals surface area contributed by atoms with E-state index in [0.29, 0.717) is 5.75 Å². The zero-order valence-corrected chi connectivity index (χ0v) is 22.5. The second kappa shape index (κ2) is 8.70. The molecule has 0 amide bonds. The lowest BCUT2D eigenvalue weighted by molar-refractivity contribution is 0.195. The van der Waals surface area contributed by atoms with Gasteiger partial charge in [0.05, 0.1) is 0 Å². The van der Waals surface area contributed by atoms with E-state index in [-0.39, 0.29) is 27.3 Å². The SMILES string of the molecule is C=C(O[Si](C)(C)C(C)(C)C)/C([N+]#N)=C(\O)Oc1c(C(C)(C)C)cc(C)cc1C(C)(C)C. The van der Waals surface area contributed by atoms with Crippen LogP contribution in [-0.2, 0) is 15.3 Å². The van der Waals surface area contributed by atoms with E-state index in [1.807, 2.05) is 6.92 Å². The molecule has 0 aliphatic rings. The lowest BCUT2D eigenvalue weighted by atomic mass is 9.78. The van der Waals surface area contributed by atoms with Gasteiger partial charge in [-0.05, 0) is 42.5 Å². The first-order valence-corrected chi connectivity index (χ1v) is 13.6. The summed E-state index contributed by atoms with van der Waals surface area (Å²) >= 11 is 0. The summed E-state index contributed by atoms with van der Waals surface area (Å²) in [5, 5.41) is 20.4. The molecule has 31 heavy (non-hydrogen) atoms. The molecule has 1 aromatic carbocycles. The number of ether oxygens (including phenoxy) is 1. The van der Waals surface area contributed by atoms with Crippen LogP contribution in [-0.4, -0.2) is 13.4 Å². The molecule has 0 fully saturated rings. The van der Waals surface area contributed by atoms with Crippen LogP contribution in [0.15, 0.2) is 36.1 Å². The predicted octanol–water partition coefficient (Wildman–Crippen LogP) is 8.08. The first-order valence-electron chi connectivity index (χ1n) is 10.7. The Morgan fingerprint density at radius 3 is 1.71 bits per heavy atom. The first kappa shape index (κ1) is 26.8. The van der Waals surface area contributed by atoms with Gasteiger partial charge in [-0.3, -0.25) is 0 Å². The Labute approximate surface area is 189 Å². The molecule has 0 aliphatic heterocycles. The molecular formula is C25H41N2O3Si+. The van der Waals surface area contributed by atoms with Crippen molar-refractivity contribution < 1.29 is 14.3 Å². The molecule has 1 rings (SSSR count). The molecule has 0 unspecified atom stereocenters. The molecule has 5 nitrogen and oxygen atoms in total. The van der Waals surface area contributed by atoms with E-state index in [4.69, 9.17) is 9.16 Å². The van der Waals surface area contributed by atoms with Gasteiger partial charge in [0, 0.05) is 11.1 Å². The molecule has 0 radical (unpaired) electrons. The number of diazo groups is 1. The zero-order chi connectivity index (χ0) is 24.6. The Morgan fingerprint density at radius 2 is 1.39 bits per heavy atom. The fraction of sp³-hybridized carbons (Fsp3) is 0.600. The third-order valence-electron chi connectivity index (χ3n) is 5.80. The summed E-state index contributed by atoms with van der Waals surface area (Å²) < 4.78 is 12.1. The maximum Gasteiger partial charge on any atom is 0.503 e. The number of rotatable bonds is 5. The van der Waals surface area contributed by atoms with Crippen LogP contribution in [0.2, 0.25) is 18.1 Å². The summed E-state index contributed by atoms with van der Waals surface area (Å²) in [4.78, 5) is 3.25. The largest absolute Gasteiger partial charge is 0.538 e. The van der Waals surface area contributed by atoms with Crippen molar-refractivity contribution in [1.29, 1.82) is 5.39 Å². The van der Waals surface area contributed by atoms with Gasteiger partial charge in [0.15, 0.2) is 4.98 Å². The highest BCUT2D eigenvalue weighted by atomic mass is 28.4. The highest BCUT2D eigenvalue weighted by molar-refractivity contribution is 6.74. The molecule has 0 bridgehead atoms. The molecule has 6 heteroatoms. The Balaban J connectivity index is 3.60. The maximum atomic E-state index is 10.9. The molecule has 1 N–H and O–H groups in total. The van der Waals surface area contributed by atoms with Crippen molar-refractivity contribution in [1.82, 2.24) is 0 Å². The van der Waals surface area contributed by atoms with Crippen LogP contribution < -0.4 is 4.74 Å². The van der Waals surface area contributed by atoms with Crippen molar-refractivity contribution in [3.8, 4) is 5.75 Å². The number of aliphatic hydroxyl groups is 1. The molecule has 0 aliphatic carbocycles. The Kier molecular flexibility index (Phi) is 7.51. The molecule has 0 saturated carbocycles. The number of hydrogen-bond acceptors (Lipinski definition) is 4. The molecule has 0 spiro atoms. The maximum absolute atomic E-state index is 10.9. The second-order valence-electron chi connectivity index (χ2n) is 11.8. The van der Waals surface area contributed by atoms with E-state index in [9.17, 15) is 10.5 Å². The van der Waals surface area contributed by atoms with Gasteiger partial charge in [-0.1, -0.05) is 80.0 Å². The van der Waals surface area contributed by atoms with Gasteiger partial charge in [0.2, 0.25) is 11.2 Å². The van der Waals surface area contributed by atoms with Crippen molar-refractivity contribution in [2.24, 2.45) is 0 Å². The standard InChI is InChI=1S/C25H40N2O3Si/c1-16-14-18(23(3,4)5)21(19(15-16)24(6,7)8)29-22(28)20(27-26)17(2)30-31(12,13)25(9,10)11/h14-15H,2H2,1,3-13H3/p+1/b22-20-. The van der Waals surface area contributed by atoms with Gasteiger partial charge in [0.1, 0.15) is 5.75 Å². The Hall–Kier alpha value is -2.26. The molecule has 172 valence electrons.